The number of amides is 2. The summed E-state index contributed by atoms with van der Waals surface area (Å²) in [4.78, 5) is 48.7. The number of hydrogen-bond donors (Lipinski definition) is 5. The van der Waals surface area contributed by atoms with Crippen molar-refractivity contribution in [3.05, 3.63) is 35.9 Å². The van der Waals surface area contributed by atoms with Crippen molar-refractivity contribution in [2.45, 2.75) is 51.7 Å². The smallest absolute Gasteiger partial charge is 0.346 e. The summed E-state index contributed by atoms with van der Waals surface area (Å²) in [6.45, 7) is 6.43. The van der Waals surface area contributed by atoms with Crippen LogP contribution in [-0.4, -0.2) is 113 Å². The predicted octanol–water partition coefficient (Wildman–Crippen LogP) is 1.20. The fourth-order valence-corrected chi connectivity index (χ4v) is 8.65. The third-order valence-electron chi connectivity index (χ3n) is 6.54. The van der Waals surface area contributed by atoms with E-state index in [-0.39, 0.29) is 12.0 Å². The molecule has 0 saturated heterocycles. The van der Waals surface area contributed by atoms with Crippen molar-refractivity contribution >= 4 is 57.2 Å². The summed E-state index contributed by atoms with van der Waals surface area (Å²) in [5.74, 6) is -6.32. The number of aliphatic carboxylic acids is 2. The first kappa shape index (κ1) is 39.6. The molecule has 0 radical (unpaired) electrons. The van der Waals surface area contributed by atoms with Gasteiger partial charge in [0.25, 0.3) is 0 Å². The number of nitrogens with one attached hydrogen (secondary N) is 2. The topological polar surface area (TPSA) is 226 Å². The molecule has 1 rings (SSSR count). The van der Waals surface area contributed by atoms with Gasteiger partial charge in [-0.25, -0.2) is 22.6 Å². The number of rotatable bonds is 22. The minimum absolute atomic E-state index is 0.207. The minimum Gasteiger partial charge on any atom is -0.480 e. The second-order valence-electron chi connectivity index (χ2n) is 9.61. The van der Waals surface area contributed by atoms with Crippen LogP contribution < -0.4 is 16.4 Å². The normalized spacial score (nSPS) is 15.2. The molecule has 0 spiro atoms. The van der Waals surface area contributed by atoms with E-state index in [0.717, 1.165) is 0 Å². The predicted molar refractivity (Wildman–Crippen MR) is 168 cm³/mol. The summed E-state index contributed by atoms with van der Waals surface area (Å²) in [7, 11) is -7.79. The number of sulfone groups is 1. The molecule has 0 heterocycles. The van der Waals surface area contributed by atoms with Gasteiger partial charge < -0.3 is 31.1 Å². The molecule has 2 unspecified atom stereocenters. The van der Waals surface area contributed by atoms with Crippen LogP contribution in [0.2, 0.25) is 0 Å². The SMILES string of the molecule is CCN(CC)P(=O)(OCCS(=O)(=O)CC(NC(=O)CC[C@H](N)C(=O)O)C(=O)N[C@@H](C(=O)O)c1ccccc1)N(CC)CCBr. The molecule has 0 bridgehead atoms. The Hall–Kier alpha value is -2.40. The number of carboxylic acid groups (broad SMARTS) is 2. The molecule has 0 saturated carbocycles. The molecule has 0 aliphatic rings. The largest absolute Gasteiger partial charge is 0.480 e. The van der Waals surface area contributed by atoms with Crippen molar-refractivity contribution in [1.29, 1.82) is 0 Å². The van der Waals surface area contributed by atoms with Gasteiger partial charge in [-0.05, 0) is 12.0 Å². The Morgan fingerprint density at radius 2 is 1.59 bits per heavy atom. The van der Waals surface area contributed by atoms with Gasteiger partial charge in [-0.15, -0.1) is 0 Å². The van der Waals surface area contributed by atoms with Crippen molar-refractivity contribution in [2.24, 2.45) is 5.73 Å². The number of nitrogens with zero attached hydrogens (tertiary/aromatic N) is 2. The maximum absolute atomic E-state index is 13.9. The number of benzene rings is 1. The fourth-order valence-electron chi connectivity index (χ4n) is 4.14. The molecule has 0 aromatic heterocycles. The fraction of sp³-hybridized carbons (Fsp3) is 0.615. The van der Waals surface area contributed by atoms with E-state index >= 15 is 0 Å². The maximum Gasteiger partial charge on any atom is 0.346 e. The molecule has 44 heavy (non-hydrogen) atoms. The third kappa shape index (κ3) is 12.5. The van der Waals surface area contributed by atoms with Gasteiger partial charge in [0.2, 0.25) is 11.8 Å². The molecular weight excluding hydrogens is 685 g/mol. The van der Waals surface area contributed by atoms with Gasteiger partial charge in [0.15, 0.2) is 15.9 Å². The average Bonchev–Trinajstić information content (AvgIpc) is 2.97. The molecular formula is C26H43BrN5O10PS. The summed E-state index contributed by atoms with van der Waals surface area (Å²) in [5, 5.41) is 23.7. The summed E-state index contributed by atoms with van der Waals surface area (Å²) in [5.41, 5.74) is 5.64. The summed E-state index contributed by atoms with van der Waals surface area (Å²) in [6.07, 6.45) is -0.726. The van der Waals surface area contributed by atoms with Crippen LogP contribution in [-0.2, 0) is 38.1 Å². The molecule has 2 amide bonds. The van der Waals surface area contributed by atoms with Gasteiger partial charge in [0.1, 0.15) is 12.1 Å². The quantitative estimate of drug-likeness (QED) is 0.0837. The second kappa shape index (κ2) is 19.2. The van der Waals surface area contributed by atoms with Crippen LogP contribution >= 0.6 is 23.6 Å². The van der Waals surface area contributed by atoms with Crippen molar-refractivity contribution in [2.75, 3.05) is 49.6 Å². The molecule has 0 fully saturated rings. The first-order chi connectivity index (χ1) is 20.6. The molecule has 15 nitrogen and oxygen atoms in total. The monoisotopic (exact) mass is 727 g/mol. The van der Waals surface area contributed by atoms with E-state index in [0.29, 0.717) is 31.5 Å². The Labute approximate surface area is 266 Å². The van der Waals surface area contributed by atoms with Crippen molar-refractivity contribution in [3.8, 4) is 0 Å². The molecule has 4 atom stereocenters. The molecule has 1 aromatic rings. The zero-order chi connectivity index (χ0) is 33.5. The first-order valence-electron chi connectivity index (χ1n) is 14.0. The highest BCUT2D eigenvalue weighted by Gasteiger charge is 2.37. The van der Waals surface area contributed by atoms with E-state index in [4.69, 9.17) is 15.4 Å². The van der Waals surface area contributed by atoms with Crippen LogP contribution in [0, 0.1) is 0 Å². The van der Waals surface area contributed by atoms with E-state index < -0.39 is 83.9 Å². The lowest BCUT2D eigenvalue weighted by molar-refractivity contribution is -0.142. The number of halogens is 1. The standard InChI is InChI=1S/C26H43BrN5O10PS/c1-4-31(5-2)43(39,32(6-3)15-14-27)42-16-17-44(40,41)18-21(29-22(33)13-12-20(28)25(35)36)24(34)30-23(26(37)38)19-10-8-7-9-11-19/h7-11,20-21,23H,4-6,12-18,28H2,1-3H3,(H,29,33)(H,30,34)(H,35,36)(H,37,38)/t20-,21?,23+,43?/m0/s1. The van der Waals surface area contributed by atoms with E-state index in [9.17, 15) is 37.3 Å². The third-order valence-corrected chi connectivity index (χ3v) is 11.5. The molecule has 18 heteroatoms. The second-order valence-corrected chi connectivity index (χ2v) is 15.0. The highest BCUT2D eigenvalue weighted by Crippen LogP contribution is 2.53. The number of alkyl halides is 1. The average molecular weight is 729 g/mol. The molecule has 250 valence electrons. The van der Waals surface area contributed by atoms with Crippen LogP contribution in [0.4, 0.5) is 0 Å². The molecule has 1 aromatic carbocycles. The van der Waals surface area contributed by atoms with E-state index in [1.165, 1.54) is 12.1 Å². The van der Waals surface area contributed by atoms with Gasteiger partial charge in [0.05, 0.1) is 18.1 Å². The van der Waals surface area contributed by atoms with Crippen LogP contribution in [0.5, 0.6) is 0 Å². The van der Waals surface area contributed by atoms with Gasteiger partial charge in [-0.1, -0.05) is 67.0 Å². The van der Waals surface area contributed by atoms with E-state index in [1.807, 2.05) is 0 Å². The molecule has 6 N–H and O–H groups in total. The summed E-state index contributed by atoms with van der Waals surface area (Å²) < 4.78 is 49.3. The number of carboxylic acids is 2. The first-order valence-corrected chi connectivity index (χ1v) is 18.5. The Bertz CT molecular complexity index is 1250. The Balaban J connectivity index is 3.19. The Kier molecular flexibility index (Phi) is 17.3. The Morgan fingerprint density at radius 1 is 1.00 bits per heavy atom. The van der Waals surface area contributed by atoms with Crippen molar-refractivity contribution in [1.82, 2.24) is 20.0 Å². The number of carbonyl (C=O) groups excluding carboxylic acids is 2. The van der Waals surface area contributed by atoms with Gasteiger partial charge >= 0.3 is 19.6 Å². The highest BCUT2D eigenvalue weighted by atomic mass is 79.9. The summed E-state index contributed by atoms with van der Waals surface area (Å²) in [6, 6.07) is 3.01. The van der Waals surface area contributed by atoms with Crippen LogP contribution in [0.3, 0.4) is 0 Å². The van der Waals surface area contributed by atoms with Gasteiger partial charge in [-0.2, -0.15) is 0 Å². The number of hydrogen-bond acceptors (Lipinski definition) is 9. The lowest BCUT2D eigenvalue weighted by Gasteiger charge is -2.36. The van der Waals surface area contributed by atoms with Gasteiger partial charge in [-0.3, -0.25) is 18.9 Å². The van der Waals surface area contributed by atoms with Crippen LogP contribution in [0.25, 0.3) is 0 Å². The molecule has 0 aliphatic heterocycles. The lowest BCUT2D eigenvalue weighted by Crippen LogP contribution is -2.52. The van der Waals surface area contributed by atoms with E-state index in [2.05, 4.69) is 26.6 Å². The highest BCUT2D eigenvalue weighted by molar-refractivity contribution is 9.09. The summed E-state index contributed by atoms with van der Waals surface area (Å²) >= 11 is 3.33. The van der Waals surface area contributed by atoms with Crippen molar-refractivity contribution < 1.29 is 46.9 Å². The number of nitrogens with two attached hydrogens (primary N) is 1. The zero-order valence-corrected chi connectivity index (χ0v) is 28.4. The van der Waals surface area contributed by atoms with Crippen LogP contribution in [0.15, 0.2) is 30.3 Å². The van der Waals surface area contributed by atoms with Gasteiger partial charge in [0, 0.05) is 37.9 Å². The number of carbonyl (C=O) groups is 4. The van der Waals surface area contributed by atoms with Crippen molar-refractivity contribution in [3.63, 3.8) is 0 Å². The van der Waals surface area contributed by atoms with E-state index in [1.54, 1.807) is 48.3 Å². The van der Waals surface area contributed by atoms with Crippen LogP contribution in [0.1, 0.15) is 45.2 Å². The maximum atomic E-state index is 13.9. The zero-order valence-electron chi connectivity index (χ0n) is 25.1. The minimum atomic E-state index is -4.18. The Morgan fingerprint density at radius 3 is 2.09 bits per heavy atom. The lowest BCUT2D eigenvalue weighted by atomic mass is 10.1. The molecule has 0 aliphatic carbocycles.